The lowest BCUT2D eigenvalue weighted by molar-refractivity contribution is -0.120. The zero-order valence-electron chi connectivity index (χ0n) is 20.4. The normalized spacial score (nSPS) is 20.5. The molecule has 2 fully saturated rings. The Labute approximate surface area is 207 Å². The number of hydrogen-bond acceptors (Lipinski definition) is 3. The number of carbonyl (C=O) groups is 1. The molecule has 2 aliphatic rings. The van der Waals surface area contributed by atoms with Gasteiger partial charge in [0.1, 0.15) is 0 Å². The molecule has 0 bridgehead atoms. The Bertz CT molecular complexity index is 1170. The van der Waals surface area contributed by atoms with E-state index in [-0.39, 0.29) is 23.3 Å². The Morgan fingerprint density at radius 3 is 2.31 bits per heavy atom. The quantitative estimate of drug-likeness (QED) is 0.395. The highest BCUT2D eigenvalue weighted by atomic mass is 19.1. The van der Waals surface area contributed by atoms with Gasteiger partial charge in [-0.2, -0.15) is 4.39 Å². The van der Waals surface area contributed by atoms with Crippen LogP contribution in [0.5, 0.6) is 0 Å². The van der Waals surface area contributed by atoms with Crippen molar-refractivity contribution in [1.29, 1.82) is 0 Å². The third-order valence-electron chi connectivity index (χ3n) is 7.57. The summed E-state index contributed by atoms with van der Waals surface area (Å²) < 4.78 is 13.6. The molecule has 2 aliphatic carbocycles. The van der Waals surface area contributed by atoms with E-state index in [9.17, 15) is 9.18 Å². The van der Waals surface area contributed by atoms with Crippen molar-refractivity contribution in [3.05, 3.63) is 83.9 Å². The molecule has 2 atom stereocenters. The highest BCUT2D eigenvalue weighted by Gasteiger charge is 2.48. The summed E-state index contributed by atoms with van der Waals surface area (Å²) in [7, 11) is 0. The Balaban J connectivity index is 1.37. The van der Waals surface area contributed by atoms with Crippen LogP contribution in [0, 0.1) is 11.9 Å². The summed E-state index contributed by atoms with van der Waals surface area (Å²) in [6, 6.07) is 21.8. The minimum atomic E-state index is -0.498. The standard InChI is InChI=1S/C30H34FN3O/c1-2-6-21-9-11-22(12-10-21)23-13-15-24(16-14-23)34(20-30(32)17-3-4-18-30)29(35)26-19-25(26)27-7-5-8-28(31)33-27/h5,7-16,25-26H,2-4,6,17-20,32H2,1H3/t25-,26-/m1/s1. The maximum absolute atomic E-state index is 13.7. The zero-order valence-corrected chi connectivity index (χ0v) is 20.4. The Kier molecular flexibility index (Phi) is 6.70. The van der Waals surface area contributed by atoms with E-state index in [0.29, 0.717) is 18.7 Å². The van der Waals surface area contributed by atoms with Crippen LogP contribution < -0.4 is 10.6 Å². The fourth-order valence-corrected chi connectivity index (χ4v) is 5.46. The molecule has 1 amide bonds. The van der Waals surface area contributed by atoms with Crippen LogP contribution in [0.2, 0.25) is 0 Å². The molecule has 0 radical (unpaired) electrons. The molecule has 5 heteroatoms. The second-order valence-electron chi connectivity index (χ2n) is 10.3. The summed E-state index contributed by atoms with van der Waals surface area (Å²) in [5.74, 6) is -0.643. The molecule has 1 heterocycles. The van der Waals surface area contributed by atoms with Crippen LogP contribution in [-0.2, 0) is 11.2 Å². The molecular formula is C30H34FN3O. The molecule has 2 N–H and O–H groups in total. The van der Waals surface area contributed by atoms with E-state index in [1.807, 2.05) is 23.1 Å². The first-order valence-electron chi connectivity index (χ1n) is 12.9. The number of anilines is 1. The van der Waals surface area contributed by atoms with Gasteiger partial charge in [0.25, 0.3) is 0 Å². The van der Waals surface area contributed by atoms with Crippen LogP contribution in [0.4, 0.5) is 10.1 Å². The van der Waals surface area contributed by atoms with Crippen LogP contribution in [0.3, 0.4) is 0 Å². The fourth-order valence-electron chi connectivity index (χ4n) is 5.46. The number of rotatable bonds is 8. The number of benzene rings is 2. The monoisotopic (exact) mass is 471 g/mol. The maximum Gasteiger partial charge on any atom is 0.230 e. The first kappa shape index (κ1) is 23.7. The van der Waals surface area contributed by atoms with Crippen LogP contribution in [0.15, 0.2) is 66.7 Å². The summed E-state index contributed by atoms with van der Waals surface area (Å²) in [5, 5.41) is 0. The summed E-state index contributed by atoms with van der Waals surface area (Å²) in [6.45, 7) is 2.70. The molecule has 0 aliphatic heterocycles. The minimum Gasteiger partial charge on any atom is -0.324 e. The topological polar surface area (TPSA) is 59.2 Å². The number of carbonyl (C=O) groups excluding carboxylic acids is 1. The van der Waals surface area contributed by atoms with Crippen LogP contribution >= 0.6 is 0 Å². The molecule has 2 saturated carbocycles. The highest BCUT2D eigenvalue weighted by molar-refractivity contribution is 5.98. The van der Waals surface area contributed by atoms with Crippen molar-refractivity contribution in [3.63, 3.8) is 0 Å². The number of hydrogen-bond donors (Lipinski definition) is 1. The number of nitrogens with two attached hydrogens (primary N) is 1. The molecule has 0 saturated heterocycles. The van der Waals surface area contributed by atoms with Gasteiger partial charge >= 0.3 is 0 Å². The van der Waals surface area contributed by atoms with E-state index in [1.54, 1.807) is 6.07 Å². The largest absolute Gasteiger partial charge is 0.324 e. The lowest BCUT2D eigenvalue weighted by Gasteiger charge is -2.33. The average molecular weight is 472 g/mol. The molecule has 3 aromatic rings. The van der Waals surface area contributed by atoms with E-state index < -0.39 is 5.95 Å². The number of halogens is 1. The lowest BCUT2D eigenvalue weighted by atomic mass is 9.97. The van der Waals surface area contributed by atoms with Gasteiger partial charge in [0.2, 0.25) is 11.9 Å². The number of aromatic nitrogens is 1. The van der Waals surface area contributed by atoms with Gasteiger partial charge in [0.05, 0.1) is 0 Å². The number of amides is 1. The summed E-state index contributed by atoms with van der Waals surface area (Å²) in [5.41, 5.74) is 11.5. The van der Waals surface area contributed by atoms with Gasteiger partial charge in [-0.1, -0.05) is 68.7 Å². The van der Waals surface area contributed by atoms with Gasteiger partial charge in [-0.3, -0.25) is 4.79 Å². The van der Waals surface area contributed by atoms with E-state index in [4.69, 9.17) is 5.73 Å². The Hall–Kier alpha value is -3.05. The molecule has 1 aromatic heterocycles. The van der Waals surface area contributed by atoms with Crippen molar-refractivity contribution >= 4 is 11.6 Å². The second-order valence-corrected chi connectivity index (χ2v) is 10.3. The van der Waals surface area contributed by atoms with Gasteiger partial charge in [-0.25, -0.2) is 4.98 Å². The van der Waals surface area contributed by atoms with E-state index in [1.165, 1.54) is 17.2 Å². The molecule has 35 heavy (non-hydrogen) atoms. The molecule has 182 valence electrons. The predicted octanol–water partition coefficient (Wildman–Crippen LogP) is 6.25. The third kappa shape index (κ3) is 5.30. The number of aryl methyl sites for hydroxylation is 1. The molecule has 5 rings (SSSR count). The summed E-state index contributed by atoms with van der Waals surface area (Å²) in [4.78, 5) is 19.6. The zero-order chi connectivity index (χ0) is 24.4. The molecule has 4 nitrogen and oxygen atoms in total. The van der Waals surface area contributed by atoms with Gasteiger partial charge < -0.3 is 10.6 Å². The first-order chi connectivity index (χ1) is 17.0. The van der Waals surface area contributed by atoms with Crippen molar-refractivity contribution in [2.24, 2.45) is 11.7 Å². The van der Waals surface area contributed by atoms with E-state index in [2.05, 4.69) is 48.3 Å². The minimum absolute atomic E-state index is 0.0288. The Morgan fingerprint density at radius 1 is 1.03 bits per heavy atom. The fraction of sp³-hybridized carbons (Fsp3) is 0.400. The third-order valence-corrected chi connectivity index (χ3v) is 7.57. The van der Waals surface area contributed by atoms with Gasteiger partial charge in [-0.05, 0) is 66.6 Å². The first-order valence-corrected chi connectivity index (χ1v) is 12.9. The van der Waals surface area contributed by atoms with Crippen molar-refractivity contribution in [2.75, 3.05) is 11.4 Å². The predicted molar refractivity (Wildman–Crippen MR) is 139 cm³/mol. The van der Waals surface area contributed by atoms with Gasteiger partial charge in [0, 0.05) is 35.3 Å². The summed E-state index contributed by atoms with van der Waals surface area (Å²) in [6.07, 6.45) is 6.99. The summed E-state index contributed by atoms with van der Waals surface area (Å²) >= 11 is 0. The molecule has 0 spiro atoms. The smallest absolute Gasteiger partial charge is 0.230 e. The molecule has 0 unspecified atom stereocenters. The molecule has 2 aromatic carbocycles. The van der Waals surface area contributed by atoms with E-state index >= 15 is 0 Å². The van der Waals surface area contributed by atoms with Gasteiger partial charge in [0.15, 0.2) is 0 Å². The van der Waals surface area contributed by atoms with Crippen LogP contribution in [0.1, 0.15) is 62.6 Å². The van der Waals surface area contributed by atoms with Crippen LogP contribution in [-0.4, -0.2) is 23.0 Å². The second kappa shape index (κ2) is 9.90. The van der Waals surface area contributed by atoms with Crippen LogP contribution in [0.25, 0.3) is 11.1 Å². The SMILES string of the molecule is CCCc1ccc(-c2ccc(N(CC3(N)CCCC3)C(=O)[C@@H]3C[C@H]3c3cccc(F)n3)cc2)cc1. The number of pyridine rings is 1. The van der Waals surface area contributed by atoms with Gasteiger partial charge in [-0.15, -0.1) is 0 Å². The Morgan fingerprint density at radius 2 is 1.69 bits per heavy atom. The lowest BCUT2D eigenvalue weighted by Crippen LogP contribution is -2.50. The van der Waals surface area contributed by atoms with Crippen molar-refractivity contribution in [2.45, 2.75) is 63.3 Å². The van der Waals surface area contributed by atoms with Crippen molar-refractivity contribution in [1.82, 2.24) is 4.98 Å². The highest BCUT2D eigenvalue weighted by Crippen LogP contribution is 2.48. The molecular weight excluding hydrogens is 437 g/mol. The van der Waals surface area contributed by atoms with E-state index in [0.717, 1.165) is 49.8 Å². The average Bonchev–Trinajstić information content (AvgIpc) is 3.56. The maximum atomic E-state index is 13.7. The van der Waals surface area contributed by atoms with Crippen molar-refractivity contribution in [3.8, 4) is 11.1 Å². The van der Waals surface area contributed by atoms with Crippen molar-refractivity contribution < 1.29 is 9.18 Å². The number of nitrogens with zero attached hydrogens (tertiary/aromatic N) is 2.